The highest BCUT2D eigenvalue weighted by Gasteiger charge is 2.19. The molecule has 106 valence electrons. The van der Waals surface area contributed by atoms with Crippen LogP contribution in [0.2, 0.25) is 0 Å². The van der Waals surface area contributed by atoms with Crippen molar-refractivity contribution in [1.82, 2.24) is 20.3 Å². The number of para-hydroxylation sites is 1. The smallest absolute Gasteiger partial charge is 0.193 e. The summed E-state index contributed by atoms with van der Waals surface area (Å²) in [5, 5.41) is 6.52. The predicted molar refractivity (Wildman–Crippen MR) is 84.3 cm³/mol. The van der Waals surface area contributed by atoms with Crippen molar-refractivity contribution >= 4 is 22.7 Å². The molecule has 2 N–H and O–H groups in total. The van der Waals surface area contributed by atoms with Gasteiger partial charge in [-0.05, 0) is 36.7 Å². The summed E-state index contributed by atoms with van der Waals surface area (Å²) in [6.07, 6.45) is 6.42. The zero-order valence-electron chi connectivity index (χ0n) is 11.5. The van der Waals surface area contributed by atoms with Crippen LogP contribution in [0.15, 0.2) is 52.9 Å². The molecule has 0 spiro atoms. The lowest BCUT2D eigenvalue weighted by Crippen LogP contribution is -2.15. The van der Waals surface area contributed by atoms with E-state index in [0.29, 0.717) is 6.04 Å². The zero-order valence-corrected chi connectivity index (χ0v) is 12.4. The number of aromatic nitrogens is 3. The molecule has 0 radical (unpaired) electrons. The summed E-state index contributed by atoms with van der Waals surface area (Å²) in [5.41, 5.74) is 2.29. The van der Waals surface area contributed by atoms with Crippen LogP contribution in [-0.4, -0.2) is 21.0 Å². The Morgan fingerprint density at radius 3 is 2.76 bits per heavy atom. The summed E-state index contributed by atoms with van der Waals surface area (Å²) in [4.78, 5) is 12.2. The second-order valence-corrected chi connectivity index (χ2v) is 6.36. The number of rotatable bonds is 5. The van der Waals surface area contributed by atoms with Crippen molar-refractivity contribution < 1.29 is 0 Å². The summed E-state index contributed by atoms with van der Waals surface area (Å²) in [5.74, 6) is 0. The van der Waals surface area contributed by atoms with Crippen molar-refractivity contribution in [1.29, 1.82) is 0 Å². The molecule has 2 aromatic heterocycles. The van der Waals surface area contributed by atoms with Gasteiger partial charge in [0.1, 0.15) is 0 Å². The van der Waals surface area contributed by atoms with Gasteiger partial charge < -0.3 is 10.3 Å². The molecule has 5 heteroatoms. The van der Waals surface area contributed by atoms with Crippen molar-refractivity contribution in [2.75, 3.05) is 0 Å². The van der Waals surface area contributed by atoms with Gasteiger partial charge in [0.05, 0.1) is 5.03 Å². The number of hydrogen-bond acceptors (Lipinski definition) is 4. The summed E-state index contributed by atoms with van der Waals surface area (Å²) < 4.78 is 0. The van der Waals surface area contributed by atoms with E-state index in [1.165, 1.54) is 18.2 Å². The average Bonchev–Trinajstić information content (AvgIpc) is 3.25. The van der Waals surface area contributed by atoms with Crippen LogP contribution in [0.1, 0.15) is 18.4 Å². The van der Waals surface area contributed by atoms with Crippen LogP contribution in [0.3, 0.4) is 0 Å². The van der Waals surface area contributed by atoms with Crippen molar-refractivity contribution in [2.45, 2.75) is 35.6 Å². The number of fused-ring (bicyclic) bond motifs is 1. The lowest BCUT2D eigenvalue weighted by atomic mass is 10.3. The molecular formula is C16H16N4S. The normalized spacial score (nSPS) is 14.7. The number of nitrogens with one attached hydrogen (secondary N) is 2. The van der Waals surface area contributed by atoms with Crippen molar-refractivity contribution in [2.24, 2.45) is 0 Å². The van der Waals surface area contributed by atoms with E-state index in [0.717, 1.165) is 27.8 Å². The van der Waals surface area contributed by atoms with Crippen LogP contribution >= 0.6 is 11.8 Å². The van der Waals surface area contributed by atoms with Gasteiger partial charge >= 0.3 is 0 Å². The third-order valence-electron chi connectivity index (χ3n) is 3.56. The molecule has 4 rings (SSSR count). The molecule has 1 aromatic carbocycles. The Morgan fingerprint density at radius 2 is 2.00 bits per heavy atom. The van der Waals surface area contributed by atoms with Crippen LogP contribution in [0, 0.1) is 0 Å². The van der Waals surface area contributed by atoms with E-state index >= 15 is 0 Å². The molecule has 0 saturated heterocycles. The molecule has 0 aliphatic heterocycles. The van der Waals surface area contributed by atoms with E-state index in [-0.39, 0.29) is 0 Å². The maximum Gasteiger partial charge on any atom is 0.193 e. The van der Waals surface area contributed by atoms with Gasteiger partial charge in [-0.2, -0.15) is 0 Å². The summed E-state index contributed by atoms with van der Waals surface area (Å²) in [7, 11) is 0. The highest BCUT2D eigenvalue weighted by molar-refractivity contribution is 7.99. The minimum absolute atomic E-state index is 0.713. The first kappa shape index (κ1) is 12.9. The third-order valence-corrected chi connectivity index (χ3v) is 4.39. The fourth-order valence-corrected chi connectivity index (χ4v) is 2.99. The van der Waals surface area contributed by atoms with Gasteiger partial charge in [0.25, 0.3) is 0 Å². The molecule has 1 saturated carbocycles. The van der Waals surface area contributed by atoms with E-state index in [2.05, 4.69) is 38.5 Å². The van der Waals surface area contributed by atoms with Gasteiger partial charge in [0.2, 0.25) is 0 Å². The fourth-order valence-electron chi connectivity index (χ4n) is 2.24. The number of aromatic amines is 1. The van der Waals surface area contributed by atoms with Crippen LogP contribution in [0.5, 0.6) is 0 Å². The highest BCUT2D eigenvalue weighted by Crippen LogP contribution is 2.27. The van der Waals surface area contributed by atoms with Gasteiger partial charge in [0, 0.05) is 41.4 Å². The third kappa shape index (κ3) is 3.09. The number of hydrogen-bond donors (Lipinski definition) is 2. The highest BCUT2D eigenvalue weighted by atomic mass is 32.2. The number of H-pyrrole nitrogens is 1. The Labute approximate surface area is 127 Å². The quantitative estimate of drug-likeness (QED) is 0.709. The second-order valence-electron chi connectivity index (χ2n) is 5.35. The number of nitrogens with zero attached hydrogens (tertiary/aromatic N) is 2. The largest absolute Gasteiger partial charge is 0.349 e. The van der Waals surface area contributed by atoms with E-state index in [4.69, 9.17) is 0 Å². The fraction of sp³-hybridized carbons (Fsp3) is 0.250. The van der Waals surface area contributed by atoms with Crippen LogP contribution < -0.4 is 5.32 Å². The monoisotopic (exact) mass is 296 g/mol. The first-order chi connectivity index (χ1) is 10.4. The van der Waals surface area contributed by atoms with Gasteiger partial charge in [0.15, 0.2) is 5.16 Å². The molecule has 3 aromatic rings. The summed E-state index contributed by atoms with van der Waals surface area (Å²) >= 11 is 1.56. The van der Waals surface area contributed by atoms with Gasteiger partial charge in [-0.15, -0.1) is 0 Å². The second kappa shape index (κ2) is 5.50. The molecule has 21 heavy (non-hydrogen) atoms. The topological polar surface area (TPSA) is 53.6 Å². The van der Waals surface area contributed by atoms with E-state index in [9.17, 15) is 0 Å². The molecule has 0 amide bonds. The lowest BCUT2D eigenvalue weighted by molar-refractivity contribution is 0.680. The average molecular weight is 296 g/mol. The summed E-state index contributed by atoms with van der Waals surface area (Å²) in [6.45, 7) is 0.863. The Morgan fingerprint density at radius 1 is 1.19 bits per heavy atom. The van der Waals surface area contributed by atoms with Crippen molar-refractivity contribution in [3.8, 4) is 0 Å². The maximum absolute atomic E-state index is 4.43. The van der Waals surface area contributed by atoms with Gasteiger partial charge in [-0.25, -0.2) is 9.97 Å². The van der Waals surface area contributed by atoms with Crippen molar-refractivity contribution in [3.05, 3.63) is 48.3 Å². The van der Waals surface area contributed by atoms with Crippen molar-refractivity contribution in [3.63, 3.8) is 0 Å². The standard InChI is InChI=1S/C16H16N4S/c1-2-4-14-12(3-1)7-15(20-14)21-16-18-9-11(10-19-16)8-17-13-5-6-13/h1-4,7,9-10,13,17,20H,5-6,8H2. The minimum atomic E-state index is 0.713. The molecule has 0 unspecified atom stereocenters. The molecule has 1 aliphatic carbocycles. The molecule has 1 fully saturated rings. The molecular weight excluding hydrogens is 280 g/mol. The minimum Gasteiger partial charge on any atom is -0.349 e. The maximum atomic E-state index is 4.43. The Balaban J connectivity index is 1.45. The van der Waals surface area contributed by atoms with Crippen LogP contribution in [0.4, 0.5) is 0 Å². The van der Waals surface area contributed by atoms with Crippen LogP contribution in [-0.2, 0) is 6.54 Å². The predicted octanol–water partition coefficient (Wildman–Crippen LogP) is 3.36. The Bertz CT molecular complexity index is 713. The zero-order chi connectivity index (χ0) is 14.1. The van der Waals surface area contributed by atoms with E-state index < -0.39 is 0 Å². The van der Waals surface area contributed by atoms with E-state index in [1.54, 1.807) is 11.8 Å². The lowest BCUT2D eigenvalue weighted by Gasteiger charge is -2.02. The molecule has 4 nitrogen and oxygen atoms in total. The Hall–Kier alpha value is -1.85. The SMILES string of the molecule is c1ccc2[nH]c(Sc3ncc(CNC4CC4)cn3)cc2c1. The molecule has 0 bridgehead atoms. The summed E-state index contributed by atoms with van der Waals surface area (Å²) in [6, 6.07) is 11.1. The van der Waals surface area contributed by atoms with Crippen LogP contribution in [0.25, 0.3) is 10.9 Å². The number of benzene rings is 1. The Kier molecular flexibility index (Phi) is 3.37. The first-order valence-electron chi connectivity index (χ1n) is 7.17. The van der Waals surface area contributed by atoms with Gasteiger partial charge in [-0.1, -0.05) is 18.2 Å². The van der Waals surface area contributed by atoms with Gasteiger partial charge in [-0.3, -0.25) is 0 Å². The molecule has 2 heterocycles. The molecule has 0 atom stereocenters. The molecule has 1 aliphatic rings. The van der Waals surface area contributed by atoms with E-state index in [1.807, 2.05) is 24.5 Å². The first-order valence-corrected chi connectivity index (χ1v) is 7.98.